The van der Waals surface area contributed by atoms with Gasteiger partial charge in [-0.2, -0.15) is 5.10 Å². The molecule has 0 aliphatic rings. The molecule has 150 valence electrons. The maximum absolute atomic E-state index is 12.3. The van der Waals surface area contributed by atoms with Crippen LogP contribution in [0.25, 0.3) is 5.69 Å². The Labute approximate surface area is 179 Å². The Hall–Kier alpha value is -2.76. The lowest BCUT2D eigenvalue weighted by Crippen LogP contribution is -2.17. The molecule has 1 heterocycles. The molecule has 5 nitrogen and oxygen atoms in total. The number of nitrogens with one attached hydrogen (secondary N) is 1. The molecule has 29 heavy (non-hydrogen) atoms. The first kappa shape index (κ1) is 21.0. The molecule has 0 aliphatic carbocycles. The van der Waals surface area contributed by atoms with E-state index in [1.807, 2.05) is 37.5 Å². The number of hydrazone groups is 1. The van der Waals surface area contributed by atoms with Crippen LogP contribution in [0.3, 0.4) is 0 Å². The third-order valence-corrected chi connectivity index (χ3v) is 4.96. The topological polar surface area (TPSA) is 55.6 Å². The van der Waals surface area contributed by atoms with Crippen molar-refractivity contribution in [3.63, 3.8) is 0 Å². The second-order valence-corrected chi connectivity index (χ2v) is 7.26. The second kappa shape index (κ2) is 9.16. The average molecular weight is 430 g/mol. The predicted octanol–water partition coefficient (Wildman–Crippen LogP) is 5.56. The monoisotopic (exact) mass is 429 g/mol. The van der Waals surface area contributed by atoms with Crippen LogP contribution in [0.4, 0.5) is 0 Å². The zero-order valence-corrected chi connectivity index (χ0v) is 17.9. The number of ether oxygens (including phenoxy) is 1. The molecule has 0 bridgehead atoms. The van der Waals surface area contributed by atoms with E-state index in [4.69, 9.17) is 27.9 Å². The molecule has 0 radical (unpaired) electrons. The number of halogens is 2. The van der Waals surface area contributed by atoms with Gasteiger partial charge < -0.3 is 9.30 Å². The largest absolute Gasteiger partial charge is 0.494 e. The van der Waals surface area contributed by atoms with E-state index in [1.165, 1.54) is 0 Å². The fourth-order valence-electron chi connectivity index (χ4n) is 3.05. The van der Waals surface area contributed by atoms with E-state index in [1.54, 1.807) is 42.6 Å². The molecule has 3 rings (SSSR count). The first-order chi connectivity index (χ1) is 13.9. The predicted molar refractivity (Wildman–Crippen MR) is 118 cm³/mol. The number of amides is 1. The summed E-state index contributed by atoms with van der Waals surface area (Å²) in [5, 5.41) is 5.24. The summed E-state index contributed by atoms with van der Waals surface area (Å²) in [7, 11) is 0. The molecule has 7 heteroatoms. The second-order valence-electron chi connectivity index (χ2n) is 6.41. The van der Waals surface area contributed by atoms with Crippen LogP contribution in [0.5, 0.6) is 5.75 Å². The Kier molecular flexibility index (Phi) is 6.62. The Bertz CT molecular complexity index is 1060. The number of hydrogen-bond donors (Lipinski definition) is 1. The number of aryl methyl sites for hydroxylation is 1. The van der Waals surface area contributed by atoms with Crippen molar-refractivity contribution >= 4 is 35.3 Å². The first-order valence-electron chi connectivity index (χ1n) is 9.11. The average Bonchev–Trinajstić information content (AvgIpc) is 2.96. The van der Waals surface area contributed by atoms with E-state index in [0.717, 1.165) is 28.4 Å². The minimum atomic E-state index is -0.293. The summed E-state index contributed by atoms with van der Waals surface area (Å²) in [6, 6.07) is 14.3. The molecule has 2 aromatic carbocycles. The van der Waals surface area contributed by atoms with Gasteiger partial charge in [-0.25, -0.2) is 5.43 Å². The third kappa shape index (κ3) is 4.81. The molecular formula is C22H21Cl2N3O2. The van der Waals surface area contributed by atoms with Crippen LogP contribution < -0.4 is 10.2 Å². The zero-order valence-electron chi connectivity index (χ0n) is 16.4. The molecule has 1 N–H and O–H groups in total. The molecule has 0 unspecified atom stereocenters. The smallest absolute Gasteiger partial charge is 0.271 e. The number of hydrogen-bond acceptors (Lipinski definition) is 3. The summed E-state index contributed by atoms with van der Waals surface area (Å²) in [6.07, 6.45) is 1.62. The van der Waals surface area contributed by atoms with Crippen LogP contribution in [0, 0.1) is 13.8 Å². The fraction of sp³-hybridized carbons (Fsp3) is 0.182. The first-order valence-corrected chi connectivity index (χ1v) is 9.87. The molecule has 0 fully saturated rings. The minimum Gasteiger partial charge on any atom is -0.494 e. The van der Waals surface area contributed by atoms with Crippen LogP contribution in [-0.2, 0) is 0 Å². The molecule has 1 aromatic heterocycles. The highest BCUT2D eigenvalue weighted by Gasteiger charge is 2.12. The van der Waals surface area contributed by atoms with Gasteiger partial charge in [0.1, 0.15) is 5.75 Å². The highest BCUT2D eigenvalue weighted by atomic mass is 35.5. The maximum Gasteiger partial charge on any atom is 0.271 e. The van der Waals surface area contributed by atoms with Crippen molar-refractivity contribution in [3.05, 3.63) is 81.1 Å². The fourth-order valence-corrected chi connectivity index (χ4v) is 3.54. The van der Waals surface area contributed by atoms with Crippen molar-refractivity contribution in [2.45, 2.75) is 20.8 Å². The van der Waals surface area contributed by atoms with E-state index in [-0.39, 0.29) is 5.91 Å². The van der Waals surface area contributed by atoms with E-state index < -0.39 is 0 Å². The Balaban J connectivity index is 1.75. The number of carbonyl (C=O) groups is 1. The van der Waals surface area contributed by atoms with Gasteiger partial charge in [0.15, 0.2) is 0 Å². The maximum atomic E-state index is 12.3. The van der Waals surface area contributed by atoms with E-state index in [0.29, 0.717) is 22.2 Å². The standard InChI is InChI=1S/C22H21Cl2N3O2/c1-4-29-19-8-5-16(6-9-19)22(28)26-25-13-17-11-14(2)27(15(17)3)21-10-7-18(23)12-20(21)24/h5-13H,4H2,1-3H3,(H,26,28)/b25-13-. The lowest BCUT2D eigenvalue weighted by atomic mass is 10.2. The number of carbonyl (C=O) groups excluding carboxylic acids is 1. The Morgan fingerprint density at radius 1 is 1.14 bits per heavy atom. The van der Waals surface area contributed by atoms with Crippen molar-refractivity contribution in [1.29, 1.82) is 0 Å². The zero-order chi connectivity index (χ0) is 21.0. The van der Waals surface area contributed by atoms with Gasteiger partial charge in [-0.15, -0.1) is 0 Å². The molecule has 0 saturated carbocycles. The van der Waals surface area contributed by atoms with Crippen molar-refractivity contribution in [1.82, 2.24) is 9.99 Å². The van der Waals surface area contributed by atoms with Gasteiger partial charge in [0.25, 0.3) is 5.91 Å². The molecule has 0 aliphatic heterocycles. The van der Waals surface area contributed by atoms with Crippen LogP contribution >= 0.6 is 23.2 Å². The summed E-state index contributed by atoms with van der Waals surface area (Å²) in [5.74, 6) is 0.430. The molecular weight excluding hydrogens is 409 g/mol. The number of nitrogens with zero attached hydrogens (tertiary/aromatic N) is 2. The Morgan fingerprint density at radius 2 is 1.86 bits per heavy atom. The van der Waals surface area contributed by atoms with Gasteiger partial charge in [-0.1, -0.05) is 23.2 Å². The van der Waals surface area contributed by atoms with Gasteiger partial charge in [0.05, 0.1) is 23.5 Å². The Morgan fingerprint density at radius 3 is 2.52 bits per heavy atom. The molecule has 0 saturated heterocycles. The summed E-state index contributed by atoms with van der Waals surface area (Å²) in [5.41, 5.74) is 6.71. The highest BCUT2D eigenvalue weighted by Crippen LogP contribution is 2.28. The molecule has 0 spiro atoms. The molecule has 0 atom stereocenters. The molecule has 1 amide bonds. The van der Waals surface area contributed by atoms with Gasteiger partial charge in [0, 0.05) is 27.5 Å². The van der Waals surface area contributed by atoms with Crippen molar-refractivity contribution < 1.29 is 9.53 Å². The van der Waals surface area contributed by atoms with Crippen LogP contribution in [0.1, 0.15) is 34.2 Å². The van der Waals surface area contributed by atoms with Gasteiger partial charge in [-0.05, 0) is 69.3 Å². The van der Waals surface area contributed by atoms with Crippen molar-refractivity contribution in [2.24, 2.45) is 5.10 Å². The van der Waals surface area contributed by atoms with Crippen LogP contribution in [0.15, 0.2) is 53.6 Å². The summed E-state index contributed by atoms with van der Waals surface area (Å²) in [4.78, 5) is 12.3. The normalized spacial score (nSPS) is 11.1. The molecule has 3 aromatic rings. The number of benzene rings is 2. The highest BCUT2D eigenvalue weighted by molar-refractivity contribution is 6.35. The van der Waals surface area contributed by atoms with Gasteiger partial charge in [0.2, 0.25) is 0 Å². The number of aromatic nitrogens is 1. The van der Waals surface area contributed by atoms with Gasteiger partial charge in [-0.3, -0.25) is 4.79 Å². The lowest BCUT2D eigenvalue weighted by molar-refractivity contribution is 0.0955. The summed E-state index contributed by atoms with van der Waals surface area (Å²) < 4.78 is 7.40. The van der Waals surface area contributed by atoms with E-state index >= 15 is 0 Å². The van der Waals surface area contributed by atoms with Crippen LogP contribution in [0.2, 0.25) is 10.0 Å². The third-order valence-electron chi connectivity index (χ3n) is 4.42. The van der Waals surface area contributed by atoms with Crippen molar-refractivity contribution in [2.75, 3.05) is 6.61 Å². The minimum absolute atomic E-state index is 0.293. The van der Waals surface area contributed by atoms with E-state index in [9.17, 15) is 4.79 Å². The van der Waals surface area contributed by atoms with E-state index in [2.05, 4.69) is 10.5 Å². The van der Waals surface area contributed by atoms with Crippen molar-refractivity contribution in [3.8, 4) is 11.4 Å². The summed E-state index contributed by atoms with van der Waals surface area (Å²) >= 11 is 12.4. The number of rotatable bonds is 6. The lowest BCUT2D eigenvalue weighted by Gasteiger charge is -2.11. The quantitative estimate of drug-likeness (QED) is 0.411. The summed E-state index contributed by atoms with van der Waals surface area (Å²) in [6.45, 7) is 6.43. The van der Waals surface area contributed by atoms with Crippen LogP contribution in [-0.4, -0.2) is 23.3 Å². The SMILES string of the molecule is CCOc1ccc(C(=O)N/N=C\c2cc(C)n(-c3ccc(Cl)cc3Cl)c2C)cc1. The van der Waals surface area contributed by atoms with Gasteiger partial charge >= 0.3 is 0 Å².